The van der Waals surface area contributed by atoms with Gasteiger partial charge < -0.3 is 10.6 Å². The summed E-state index contributed by atoms with van der Waals surface area (Å²) >= 11 is 0. The van der Waals surface area contributed by atoms with E-state index in [0.29, 0.717) is 17.6 Å². The summed E-state index contributed by atoms with van der Waals surface area (Å²) in [5.74, 6) is 0.391. The molecule has 1 aromatic carbocycles. The maximum absolute atomic E-state index is 12.2. The van der Waals surface area contributed by atoms with E-state index >= 15 is 0 Å². The summed E-state index contributed by atoms with van der Waals surface area (Å²) in [4.78, 5) is 20.6. The minimum atomic E-state index is -0.193. The van der Waals surface area contributed by atoms with Crippen LogP contribution < -0.4 is 10.6 Å². The number of hydrogen-bond donors (Lipinski definition) is 2. The lowest BCUT2D eigenvalue weighted by molar-refractivity contribution is 0.102. The Balaban J connectivity index is 1.70. The van der Waals surface area contributed by atoms with E-state index in [9.17, 15) is 4.79 Å². The molecule has 1 aliphatic rings. The summed E-state index contributed by atoms with van der Waals surface area (Å²) in [5, 5.41) is 6.09. The van der Waals surface area contributed by atoms with Gasteiger partial charge in [0.05, 0.1) is 5.56 Å². The van der Waals surface area contributed by atoms with Crippen LogP contribution in [0.1, 0.15) is 34.3 Å². The Morgan fingerprint density at radius 3 is 2.57 bits per heavy atom. The molecule has 0 atom stereocenters. The zero-order chi connectivity index (χ0) is 14.8. The van der Waals surface area contributed by atoms with Gasteiger partial charge in [0.1, 0.15) is 0 Å². The molecule has 1 saturated carbocycles. The Kier molecular flexibility index (Phi) is 3.56. The largest absolute Gasteiger partial charge is 0.351 e. The van der Waals surface area contributed by atoms with Gasteiger partial charge in [-0.2, -0.15) is 0 Å². The third-order valence-electron chi connectivity index (χ3n) is 3.47. The van der Waals surface area contributed by atoms with E-state index in [1.807, 2.05) is 32.0 Å². The van der Waals surface area contributed by atoms with Crippen LogP contribution in [0.2, 0.25) is 0 Å². The Morgan fingerprint density at radius 2 is 1.90 bits per heavy atom. The number of nitrogens with one attached hydrogen (secondary N) is 2. The van der Waals surface area contributed by atoms with Gasteiger partial charge in [-0.1, -0.05) is 12.1 Å². The normalized spacial score (nSPS) is 13.8. The lowest BCUT2D eigenvalue weighted by atomic mass is 10.1. The van der Waals surface area contributed by atoms with Crippen LogP contribution in [0.3, 0.4) is 0 Å². The molecule has 1 aromatic heterocycles. The van der Waals surface area contributed by atoms with Crippen molar-refractivity contribution in [3.8, 4) is 0 Å². The smallest absolute Gasteiger partial charge is 0.258 e. The molecular formula is C16H18N4O. The van der Waals surface area contributed by atoms with E-state index < -0.39 is 0 Å². The van der Waals surface area contributed by atoms with E-state index in [-0.39, 0.29) is 5.91 Å². The van der Waals surface area contributed by atoms with Gasteiger partial charge in [0, 0.05) is 24.1 Å². The third kappa shape index (κ3) is 3.37. The van der Waals surface area contributed by atoms with Crippen LogP contribution in [0, 0.1) is 13.8 Å². The van der Waals surface area contributed by atoms with Crippen LogP contribution in [0.15, 0.2) is 30.6 Å². The summed E-state index contributed by atoms with van der Waals surface area (Å²) in [6.45, 7) is 3.96. The number of rotatable bonds is 4. The number of carbonyl (C=O) groups is 1. The van der Waals surface area contributed by atoms with Gasteiger partial charge in [0.2, 0.25) is 5.95 Å². The summed E-state index contributed by atoms with van der Waals surface area (Å²) in [7, 11) is 0. The van der Waals surface area contributed by atoms with Gasteiger partial charge in [-0.05, 0) is 43.9 Å². The van der Waals surface area contributed by atoms with Gasteiger partial charge in [0.25, 0.3) is 5.91 Å². The zero-order valence-electron chi connectivity index (χ0n) is 12.2. The van der Waals surface area contributed by atoms with Gasteiger partial charge >= 0.3 is 0 Å². The molecule has 0 unspecified atom stereocenters. The average Bonchev–Trinajstić information content (AvgIpc) is 3.27. The minimum Gasteiger partial charge on any atom is -0.351 e. The fourth-order valence-corrected chi connectivity index (χ4v) is 2.00. The first-order valence-electron chi connectivity index (χ1n) is 7.09. The fraction of sp³-hybridized carbons (Fsp3) is 0.312. The van der Waals surface area contributed by atoms with E-state index in [4.69, 9.17) is 0 Å². The third-order valence-corrected chi connectivity index (χ3v) is 3.47. The molecule has 2 N–H and O–H groups in total. The predicted molar refractivity (Wildman–Crippen MR) is 82.5 cm³/mol. The highest BCUT2D eigenvalue weighted by molar-refractivity contribution is 6.04. The Bertz CT molecular complexity index is 662. The van der Waals surface area contributed by atoms with Crippen molar-refractivity contribution in [3.63, 3.8) is 0 Å². The number of aryl methyl sites for hydroxylation is 2. The highest BCUT2D eigenvalue weighted by Gasteiger charge is 2.21. The van der Waals surface area contributed by atoms with E-state index in [0.717, 1.165) is 29.7 Å². The maximum atomic E-state index is 12.2. The molecule has 0 radical (unpaired) electrons. The molecule has 108 valence electrons. The van der Waals surface area contributed by atoms with Crippen LogP contribution >= 0.6 is 0 Å². The summed E-state index contributed by atoms with van der Waals surface area (Å²) < 4.78 is 0. The summed E-state index contributed by atoms with van der Waals surface area (Å²) in [6.07, 6.45) is 5.44. The SMILES string of the molecule is Cc1ccc(C)c(NC(=O)c2cnc(NC3CC3)nc2)c1. The molecule has 2 aromatic rings. The van der Waals surface area contributed by atoms with Crippen molar-refractivity contribution < 1.29 is 4.79 Å². The van der Waals surface area contributed by atoms with Gasteiger partial charge in [-0.25, -0.2) is 9.97 Å². The van der Waals surface area contributed by atoms with Crippen molar-refractivity contribution in [2.24, 2.45) is 0 Å². The van der Waals surface area contributed by atoms with Crippen LogP contribution in [0.25, 0.3) is 0 Å². The number of anilines is 2. The van der Waals surface area contributed by atoms with Gasteiger partial charge in [-0.15, -0.1) is 0 Å². The lowest BCUT2D eigenvalue weighted by Crippen LogP contribution is -2.14. The van der Waals surface area contributed by atoms with E-state index in [1.165, 1.54) is 0 Å². The highest BCUT2D eigenvalue weighted by Crippen LogP contribution is 2.22. The molecule has 0 aliphatic heterocycles. The Hall–Kier alpha value is -2.43. The molecule has 21 heavy (non-hydrogen) atoms. The number of nitrogens with zero attached hydrogens (tertiary/aromatic N) is 2. The van der Waals surface area contributed by atoms with Crippen LogP contribution in [0.5, 0.6) is 0 Å². The first-order chi connectivity index (χ1) is 10.1. The molecule has 5 heteroatoms. The van der Waals surface area contributed by atoms with Crippen LogP contribution in [-0.2, 0) is 0 Å². The van der Waals surface area contributed by atoms with Crippen molar-refractivity contribution in [2.75, 3.05) is 10.6 Å². The maximum Gasteiger partial charge on any atom is 0.258 e. The molecule has 5 nitrogen and oxygen atoms in total. The van der Waals surface area contributed by atoms with Crippen molar-refractivity contribution >= 4 is 17.5 Å². The van der Waals surface area contributed by atoms with Crippen LogP contribution in [0.4, 0.5) is 11.6 Å². The van der Waals surface area contributed by atoms with Gasteiger partial charge in [-0.3, -0.25) is 4.79 Å². The predicted octanol–water partition coefficient (Wildman–Crippen LogP) is 2.92. The van der Waals surface area contributed by atoms with Crippen molar-refractivity contribution in [1.82, 2.24) is 9.97 Å². The second kappa shape index (κ2) is 5.52. The molecule has 0 bridgehead atoms. The average molecular weight is 282 g/mol. The molecule has 3 rings (SSSR count). The zero-order valence-corrected chi connectivity index (χ0v) is 12.2. The highest BCUT2D eigenvalue weighted by atomic mass is 16.1. The van der Waals surface area contributed by atoms with Gasteiger partial charge in [0.15, 0.2) is 0 Å². The monoisotopic (exact) mass is 282 g/mol. The number of amides is 1. The molecular weight excluding hydrogens is 264 g/mol. The molecule has 1 heterocycles. The first-order valence-corrected chi connectivity index (χ1v) is 7.09. The molecule has 0 spiro atoms. The number of carbonyl (C=O) groups excluding carboxylic acids is 1. The van der Waals surface area contributed by atoms with Crippen molar-refractivity contribution in [3.05, 3.63) is 47.3 Å². The summed E-state index contributed by atoms with van der Waals surface area (Å²) in [5.41, 5.74) is 3.41. The standard InChI is InChI=1S/C16H18N4O/c1-10-3-4-11(2)14(7-10)20-15(21)12-8-17-16(18-9-12)19-13-5-6-13/h3-4,7-9,13H,5-6H2,1-2H3,(H,20,21)(H,17,18,19). The number of hydrogen-bond acceptors (Lipinski definition) is 4. The van der Waals surface area contributed by atoms with Crippen molar-refractivity contribution in [2.45, 2.75) is 32.7 Å². The molecule has 1 amide bonds. The van der Waals surface area contributed by atoms with E-state index in [1.54, 1.807) is 12.4 Å². The second-order valence-corrected chi connectivity index (χ2v) is 5.49. The number of aromatic nitrogens is 2. The fourth-order valence-electron chi connectivity index (χ4n) is 2.00. The minimum absolute atomic E-state index is 0.193. The first kappa shape index (κ1) is 13.5. The topological polar surface area (TPSA) is 66.9 Å². The van der Waals surface area contributed by atoms with E-state index in [2.05, 4.69) is 20.6 Å². The Morgan fingerprint density at radius 1 is 1.19 bits per heavy atom. The quantitative estimate of drug-likeness (QED) is 0.904. The van der Waals surface area contributed by atoms with Crippen LogP contribution in [-0.4, -0.2) is 21.9 Å². The molecule has 0 saturated heterocycles. The Labute approximate surface area is 123 Å². The van der Waals surface area contributed by atoms with Crippen molar-refractivity contribution in [1.29, 1.82) is 0 Å². The molecule has 1 fully saturated rings. The number of benzene rings is 1. The summed E-state index contributed by atoms with van der Waals surface area (Å²) in [6, 6.07) is 6.47. The lowest BCUT2D eigenvalue weighted by Gasteiger charge is -2.09. The molecule has 1 aliphatic carbocycles. The second-order valence-electron chi connectivity index (χ2n) is 5.49.